The molecule has 0 aliphatic heterocycles. The first kappa shape index (κ1) is 6.53. The van der Waals surface area contributed by atoms with Crippen LogP contribution in [-0.4, -0.2) is 5.78 Å². The molecule has 0 aromatic carbocycles. The summed E-state index contributed by atoms with van der Waals surface area (Å²) in [7, 11) is 0. The summed E-state index contributed by atoms with van der Waals surface area (Å²) in [6.07, 6.45) is 6.74. The average Bonchev–Trinajstić information content (AvgIpc) is 1.90. The first-order chi connectivity index (χ1) is 4.33. The van der Waals surface area contributed by atoms with Crippen molar-refractivity contribution in [3.8, 4) is 0 Å². The number of carbonyl (C=O) groups is 1. The molecule has 1 atom stereocenters. The average molecular weight is 124 g/mol. The van der Waals surface area contributed by atoms with Gasteiger partial charge in [-0.3, -0.25) is 4.79 Å². The van der Waals surface area contributed by atoms with Gasteiger partial charge in [-0.15, -0.1) is 0 Å². The summed E-state index contributed by atoms with van der Waals surface area (Å²) in [5.41, 5.74) is 0. The highest BCUT2D eigenvalue weighted by Gasteiger charge is 2.09. The van der Waals surface area contributed by atoms with Gasteiger partial charge in [-0.05, 0) is 24.8 Å². The van der Waals surface area contributed by atoms with E-state index in [9.17, 15) is 4.79 Å². The number of rotatable bonds is 1. The van der Waals surface area contributed by atoms with Gasteiger partial charge in [-0.2, -0.15) is 0 Å². The van der Waals surface area contributed by atoms with E-state index in [0.29, 0.717) is 11.7 Å². The molecule has 1 aliphatic carbocycles. The number of carbonyl (C=O) groups excluding carboxylic acids is 1. The van der Waals surface area contributed by atoms with Crippen molar-refractivity contribution < 1.29 is 4.79 Å². The van der Waals surface area contributed by atoms with Crippen LogP contribution >= 0.6 is 0 Å². The van der Waals surface area contributed by atoms with E-state index >= 15 is 0 Å². The topological polar surface area (TPSA) is 17.1 Å². The summed E-state index contributed by atoms with van der Waals surface area (Å²) in [6.45, 7) is 2.16. The number of ketones is 1. The maximum atomic E-state index is 10.6. The number of hydrogen-bond acceptors (Lipinski definition) is 1. The largest absolute Gasteiger partial charge is 0.295 e. The van der Waals surface area contributed by atoms with Crippen molar-refractivity contribution in [3.05, 3.63) is 12.2 Å². The Bertz CT molecular complexity index is 136. The fourth-order valence-electron chi connectivity index (χ4n) is 1.09. The normalized spacial score (nSPS) is 26.8. The van der Waals surface area contributed by atoms with Gasteiger partial charge >= 0.3 is 0 Å². The maximum Gasteiger partial charge on any atom is 0.155 e. The van der Waals surface area contributed by atoms with Crippen LogP contribution in [0, 0.1) is 5.92 Å². The molecule has 1 nitrogen and oxygen atoms in total. The lowest BCUT2D eigenvalue weighted by atomic mass is 9.93. The van der Waals surface area contributed by atoms with Crippen molar-refractivity contribution in [2.75, 3.05) is 0 Å². The molecule has 1 rings (SSSR count). The first-order valence-corrected chi connectivity index (χ1v) is 3.54. The third-order valence-corrected chi connectivity index (χ3v) is 1.84. The monoisotopic (exact) mass is 124 g/mol. The van der Waals surface area contributed by atoms with Gasteiger partial charge in [-0.1, -0.05) is 13.0 Å². The van der Waals surface area contributed by atoms with Crippen molar-refractivity contribution in [2.24, 2.45) is 5.92 Å². The van der Waals surface area contributed by atoms with Gasteiger partial charge in [0.1, 0.15) is 0 Å². The van der Waals surface area contributed by atoms with Crippen LogP contribution < -0.4 is 0 Å². The highest BCUT2D eigenvalue weighted by Crippen LogP contribution is 2.17. The minimum Gasteiger partial charge on any atom is -0.295 e. The van der Waals surface area contributed by atoms with Gasteiger partial charge in [-0.25, -0.2) is 0 Å². The second-order valence-electron chi connectivity index (χ2n) is 2.53. The van der Waals surface area contributed by atoms with Crippen LogP contribution in [0.4, 0.5) is 0 Å². The summed E-state index contributed by atoms with van der Waals surface area (Å²) < 4.78 is 0. The zero-order chi connectivity index (χ0) is 6.69. The first-order valence-electron chi connectivity index (χ1n) is 3.54. The Hall–Kier alpha value is -0.590. The highest BCUT2D eigenvalue weighted by atomic mass is 16.1. The molecule has 0 N–H and O–H groups in total. The lowest BCUT2D eigenvalue weighted by molar-refractivity contribution is -0.115. The van der Waals surface area contributed by atoms with E-state index in [2.05, 4.69) is 6.92 Å². The molecule has 0 amide bonds. The third-order valence-electron chi connectivity index (χ3n) is 1.84. The van der Waals surface area contributed by atoms with Crippen LogP contribution in [0.5, 0.6) is 0 Å². The fourth-order valence-corrected chi connectivity index (χ4v) is 1.09. The Balaban J connectivity index is 2.48. The quantitative estimate of drug-likeness (QED) is 0.522. The predicted molar refractivity (Wildman–Crippen MR) is 37.2 cm³/mol. The van der Waals surface area contributed by atoms with E-state index in [1.165, 1.54) is 6.42 Å². The summed E-state index contributed by atoms with van der Waals surface area (Å²) in [6, 6.07) is 0. The van der Waals surface area contributed by atoms with Crippen LogP contribution in [-0.2, 0) is 4.79 Å². The van der Waals surface area contributed by atoms with E-state index in [4.69, 9.17) is 0 Å². The van der Waals surface area contributed by atoms with Gasteiger partial charge in [0.05, 0.1) is 0 Å². The molecular formula is C8H12O. The van der Waals surface area contributed by atoms with Crippen molar-refractivity contribution in [1.82, 2.24) is 0 Å². The van der Waals surface area contributed by atoms with E-state index in [0.717, 1.165) is 12.8 Å². The second-order valence-corrected chi connectivity index (χ2v) is 2.53. The molecular weight excluding hydrogens is 112 g/mol. The summed E-state index contributed by atoms with van der Waals surface area (Å²) in [5.74, 6) is 0.961. The van der Waals surface area contributed by atoms with E-state index < -0.39 is 0 Å². The maximum absolute atomic E-state index is 10.6. The molecule has 0 fully saturated rings. The van der Waals surface area contributed by atoms with Crippen LogP contribution in [0.25, 0.3) is 0 Å². The molecule has 0 radical (unpaired) electrons. The standard InChI is InChI=1S/C8H12O/c1-2-7-3-5-8(9)6-4-7/h3,5,7H,2,4,6H2,1H3. The lowest BCUT2D eigenvalue weighted by Gasteiger charge is -2.11. The van der Waals surface area contributed by atoms with E-state index in [1.807, 2.05) is 6.08 Å². The highest BCUT2D eigenvalue weighted by molar-refractivity contribution is 5.90. The minimum atomic E-state index is 0.291. The Kier molecular flexibility index (Phi) is 2.04. The Morgan fingerprint density at radius 1 is 1.78 bits per heavy atom. The summed E-state index contributed by atoms with van der Waals surface area (Å²) >= 11 is 0. The summed E-state index contributed by atoms with van der Waals surface area (Å²) in [4.78, 5) is 10.6. The minimum absolute atomic E-state index is 0.291. The molecule has 1 heteroatoms. The predicted octanol–water partition coefficient (Wildman–Crippen LogP) is 1.93. The number of allylic oxidation sites excluding steroid dienone is 2. The van der Waals surface area contributed by atoms with Crippen LogP contribution in [0.15, 0.2) is 12.2 Å². The number of hydrogen-bond donors (Lipinski definition) is 0. The van der Waals surface area contributed by atoms with Gasteiger partial charge in [0, 0.05) is 6.42 Å². The molecule has 0 spiro atoms. The Labute approximate surface area is 55.8 Å². The fraction of sp³-hybridized carbons (Fsp3) is 0.625. The van der Waals surface area contributed by atoms with Gasteiger partial charge < -0.3 is 0 Å². The van der Waals surface area contributed by atoms with Gasteiger partial charge in [0.25, 0.3) is 0 Å². The van der Waals surface area contributed by atoms with Gasteiger partial charge in [0.2, 0.25) is 0 Å². The molecule has 0 aromatic heterocycles. The molecule has 1 aliphatic rings. The Morgan fingerprint density at radius 2 is 2.56 bits per heavy atom. The van der Waals surface area contributed by atoms with Gasteiger partial charge in [0.15, 0.2) is 5.78 Å². The molecule has 0 saturated heterocycles. The van der Waals surface area contributed by atoms with Crippen LogP contribution in [0.1, 0.15) is 26.2 Å². The lowest BCUT2D eigenvalue weighted by Crippen LogP contribution is -2.05. The van der Waals surface area contributed by atoms with E-state index in [1.54, 1.807) is 6.08 Å². The molecule has 0 bridgehead atoms. The van der Waals surface area contributed by atoms with Crippen LogP contribution in [0.2, 0.25) is 0 Å². The molecule has 0 heterocycles. The SMILES string of the molecule is CCC1C=CC(=O)CC1. The molecule has 0 aromatic rings. The van der Waals surface area contributed by atoms with Crippen molar-refractivity contribution >= 4 is 5.78 Å². The van der Waals surface area contributed by atoms with E-state index in [-0.39, 0.29) is 0 Å². The molecule has 1 unspecified atom stereocenters. The zero-order valence-corrected chi connectivity index (χ0v) is 5.76. The smallest absolute Gasteiger partial charge is 0.155 e. The van der Waals surface area contributed by atoms with Crippen molar-refractivity contribution in [1.29, 1.82) is 0 Å². The second kappa shape index (κ2) is 2.81. The molecule has 9 heavy (non-hydrogen) atoms. The van der Waals surface area contributed by atoms with Crippen molar-refractivity contribution in [2.45, 2.75) is 26.2 Å². The third kappa shape index (κ3) is 1.67. The molecule has 50 valence electrons. The zero-order valence-electron chi connectivity index (χ0n) is 5.76. The Morgan fingerprint density at radius 3 is 3.00 bits per heavy atom. The summed E-state index contributed by atoms with van der Waals surface area (Å²) in [5, 5.41) is 0. The van der Waals surface area contributed by atoms with Crippen molar-refractivity contribution in [3.63, 3.8) is 0 Å². The molecule has 0 saturated carbocycles. The van der Waals surface area contributed by atoms with Crippen LogP contribution in [0.3, 0.4) is 0 Å².